The molecule has 0 bridgehead atoms. The number of carbonyl (C=O) groups excluding carboxylic acids is 4. The van der Waals surface area contributed by atoms with E-state index in [1.54, 1.807) is 13.8 Å². The van der Waals surface area contributed by atoms with Crippen molar-refractivity contribution in [1.82, 2.24) is 5.32 Å². The minimum Gasteiger partial charge on any atom is -0.465 e. The number of hydrogen-bond acceptors (Lipinski definition) is 6. The monoisotopic (exact) mass is 315 g/mol. The van der Waals surface area contributed by atoms with E-state index >= 15 is 0 Å². The molecule has 0 saturated carbocycles. The van der Waals surface area contributed by atoms with Gasteiger partial charge in [-0.05, 0) is 26.7 Å². The second-order valence-corrected chi connectivity index (χ2v) is 5.36. The Morgan fingerprint density at radius 2 is 1.41 bits per heavy atom. The van der Waals surface area contributed by atoms with Crippen LogP contribution in [0.25, 0.3) is 0 Å². The summed E-state index contributed by atoms with van der Waals surface area (Å²) in [5.41, 5.74) is 0. The molecule has 1 N–H and O–H groups in total. The van der Waals surface area contributed by atoms with Crippen LogP contribution in [0.2, 0.25) is 0 Å². The van der Waals surface area contributed by atoms with Gasteiger partial charge < -0.3 is 14.8 Å². The quantitative estimate of drug-likeness (QED) is 0.367. The van der Waals surface area contributed by atoms with Gasteiger partial charge in [-0.15, -0.1) is 0 Å². The van der Waals surface area contributed by atoms with Gasteiger partial charge in [-0.1, -0.05) is 13.8 Å². The van der Waals surface area contributed by atoms with Gasteiger partial charge in [0.1, 0.15) is 11.8 Å². The molecule has 0 aliphatic heterocycles. The first-order valence-corrected chi connectivity index (χ1v) is 7.36. The van der Waals surface area contributed by atoms with Crippen LogP contribution in [-0.4, -0.2) is 42.9 Å². The van der Waals surface area contributed by atoms with Crippen molar-refractivity contribution >= 4 is 23.6 Å². The molecular weight excluding hydrogens is 290 g/mol. The molecule has 0 radical (unpaired) electrons. The summed E-state index contributed by atoms with van der Waals surface area (Å²) in [6, 6.07) is -0.800. The van der Waals surface area contributed by atoms with E-state index in [0.717, 1.165) is 0 Å². The lowest BCUT2D eigenvalue weighted by Crippen LogP contribution is -2.40. The molecule has 0 fully saturated rings. The highest BCUT2D eigenvalue weighted by Crippen LogP contribution is 1.99. The fraction of sp³-hybridized carbons (Fsp3) is 0.733. The maximum absolute atomic E-state index is 11.6. The molecule has 0 aromatic rings. The number of Topliss-reactive ketones (excluding diaryl/α,β-unsaturated/α-hetero) is 1. The summed E-state index contributed by atoms with van der Waals surface area (Å²) in [5, 5.41) is 2.39. The molecule has 0 aromatic heterocycles. The number of unbranched alkanes of at least 4 members (excludes halogenated alkanes) is 1. The largest absolute Gasteiger partial charge is 0.465 e. The van der Waals surface area contributed by atoms with Crippen LogP contribution in [-0.2, 0) is 28.7 Å². The summed E-state index contributed by atoms with van der Waals surface area (Å²) in [6.45, 7) is 6.78. The first kappa shape index (κ1) is 20.1. The van der Waals surface area contributed by atoms with E-state index in [4.69, 9.17) is 9.47 Å². The molecule has 0 saturated heterocycles. The van der Waals surface area contributed by atoms with E-state index < -0.39 is 17.9 Å². The Bertz CT molecular complexity index is 405. The average molecular weight is 315 g/mol. The first-order valence-electron chi connectivity index (χ1n) is 7.36. The second kappa shape index (κ2) is 10.8. The third-order valence-corrected chi connectivity index (χ3v) is 2.64. The zero-order valence-corrected chi connectivity index (χ0v) is 13.6. The Morgan fingerprint density at radius 1 is 0.909 bits per heavy atom. The smallest absolute Gasteiger partial charge is 0.328 e. The molecule has 0 aliphatic carbocycles. The number of nitrogens with one attached hydrogen (secondary N) is 1. The molecule has 0 rings (SSSR count). The standard InChI is InChI=1S/C15H25NO6/c1-10(2)14(19)21-7-5-6-8-22-15(20)12(4)16-13(18)9-11(3)17/h10,12H,5-9H2,1-4H3,(H,16,18). The van der Waals surface area contributed by atoms with Crippen LogP contribution in [0.1, 0.15) is 47.0 Å². The lowest BCUT2D eigenvalue weighted by Gasteiger charge is -2.13. The normalized spacial score (nSPS) is 11.7. The van der Waals surface area contributed by atoms with Gasteiger partial charge in [-0.3, -0.25) is 14.4 Å². The molecular formula is C15H25NO6. The van der Waals surface area contributed by atoms with Crippen LogP contribution < -0.4 is 5.32 Å². The van der Waals surface area contributed by atoms with Gasteiger partial charge in [-0.2, -0.15) is 0 Å². The van der Waals surface area contributed by atoms with E-state index in [2.05, 4.69) is 5.32 Å². The SMILES string of the molecule is CC(=O)CC(=O)NC(C)C(=O)OCCCCOC(=O)C(C)C. The van der Waals surface area contributed by atoms with Crippen LogP contribution in [0.3, 0.4) is 0 Å². The third kappa shape index (κ3) is 9.90. The Labute approximate surface area is 130 Å². The molecule has 7 heteroatoms. The van der Waals surface area contributed by atoms with Gasteiger partial charge in [0.15, 0.2) is 0 Å². The maximum Gasteiger partial charge on any atom is 0.328 e. The van der Waals surface area contributed by atoms with Crippen molar-refractivity contribution in [2.45, 2.75) is 53.0 Å². The minimum absolute atomic E-state index is 0.155. The summed E-state index contributed by atoms with van der Waals surface area (Å²) in [5.74, 6) is -1.74. The number of carbonyl (C=O) groups is 4. The molecule has 0 aromatic carbocycles. The van der Waals surface area contributed by atoms with E-state index in [1.807, 2.05) is 0 Å². The minimum atomic E-state index is -0.800. The predicted octanol–water partition coefficient (Wildman–Crippen LogP) is 0.993. The summed E-state index contributed by atoms with van der Waals surface area (Å²) in [7, 11) is 0. The zero-order chi connectivity index (χ0) is 17.1. The Kier molecular flexibility index (Phi) is 9.82. The van der Waals surface area contributed by atoms with Crippen molar-refractivity contribution in [3.05, 3.63) is 0 Å². The lowest BCUT2D eigenvalue weighted by atomic mass is 10.2. The zero-order valence-electron chi connectivity index (χ0n) is 13.6. The fourth-order valence-electron chi connectivity index (χ4n) is 1.42. The molecule has 1 atom stereocenters. The molecule has 126 valence electrons. The van der Waals surface area contributed by atoms with Gasteiger partial charge in [0, 0.05) is 0 Å². The summed E-state index contributed by atoms with van der Waals surface area (Å²) in [6.07, 6.45) is 0.904. The van der Waals surface area contributed by atoms with Crippen molar-refractivity contribution in [3.8, 4) is 0 Å². The third-order valence-electron chi connectivity index (χ3n) is 2.64. The van der Waals surface area contributed by atoms with Crippen molar-refractivity contribution in [2.75, 3.05) is 13.2 Å². The van der Waals surface area contributed by atoms with E-state index in [-0.39, 0.29) is 30.7 Å². The lowest BCUT2D eigenvalue weighted by molar-refractivity contribution is -0.149. The Morgan fingerprint density at radius 3 is 1.86 bits per heavy atom. The predicted molar refractivity (Wildman–Crippen MR) is 78.9 cm³/mol. The fourth-order valence-corrected chi connectivity index (χ4v) is 1.42. The highest BCUT2D eigenvalue weighted by Gasteiger charge is 2.17. The number of ether oxygens (including phenoxy) is 2. The van der Waals surface area contributed by atoms with E-state index in [9.17, 15) is 19.2 Å². The van der Waals surface area contributed by atoms with Gasteiger partial charge in [0.05, 0.1) is 25.6 Å². The molecule has 22 heavy (non-hydrogen) atoms. The van der Waals surface area contributed by atoms with E-state index in [1.165, 1.54) is 13.8 Å². The van der Waals surface area contributed by atoms with Crippen molar-refractivity contribution in [1.29, 1.82) is 0 Å². The molecule has 1 amide bonds. The summed E-state index contributed by atoms with van der Waals surface area (Å²) in [4.78, 5) is 44.8. The van der Waals surface area contributed by atoms with Crippen molar-refractivity contribution in [3.63, 3.8) is 0 Å². The van der Waals surface area contributed by atoms with Gasteiger partial charge in [0.25, 0.3) is 0 Å². The molecule has 1 unspecified atom stereocenters. The first-order chi connectivity index (χ1) is 10.2. The van der Waals surface area contributed by atoms with Crippen LogP contribution in [0.15, 0.2) is 0 Å². The number of hydrogen-bond donors (Lipinski definition) is 1. The van der Waals surface area contributed by atoms with Crippen molar-refractivity contribution < 1.29 is 28.7 Å². The van der Waals surface area contributed by atoms with Crippen LogP contribution in [0, 0.1) is 5.92 Å². The molecule has 7 nitrogen and oxygen atoms in total. The second-order valence-electron chi connectivity index (χ2n) is 5.36. The number of amides is 1. The number of ketones is 1. The molecule has 0 spiro atoms. The van der Waals surface area contributed by atoms with E-state index in [0.29, 0.717) is 19.4 Å². The summed E-state index contributed by atoms with van der Waals surface area (Å²) >= 11 is 0. The van der Waals surface area contributed by atoms with Crippen LogP contribution >= 0.6 is 0 Å². The number of esters is 2. The van der Waals surface area contributed by atoms with Gasteiger partial charge >= 0.3 is 11.9 Å². The molecule has 0 aliphatic rings. The summed E-state index contributed by atoms with van der Waals surface area (Å²) < 4.78 is 9.96. The Balaban J connectivity index is 3.74. The van der Waals surface area contributed by atoms with Crippen LogP contribution in [0.4, 0.5) is 0 Å². The van der Waals surface area contributed by atoms with Gasteiger partial charge in [0.2, 0.25) is 5.91 Å². The maximum atomic E-state index is 11.6. The topological polar surface area (TPSA) is 98.8 Å². The Hall–Kier alpha value is -1.92. The number of rotatable bonds is 10. The highest BCUT2D eigenvalue weighted by atomic mass is 16.5. The molecule has 0 heterocycles. The van der Waals surface area contributed by atoms with Crippen LogP contribution in [0.5, 0.6) is 0 Å². The van der Waals surface area contributed by atoms with Crippen molar-refractivity contribution in [2.24, 2.45) is 5.92 Å². The van der Waals surface area contributed by atoms with Gasteiger partial charge in [-0.25, -0.2) is 4.79 Å². The average Bonchev–Trinajstić information content (AvgIpc) is 2.40. The highest BCUT2D eigenvalue weighted by molar-refractivity contribution is 5.98.